The average molecular weight is 174 g/mol. The second-order valence-electron chi connectivity index (χ2n) is 2.91. The van der Waals surface area contributed by atoms with Crippen LogP contribution in [0, 0.1) is 0 Å². The Labute approximate surface area is 68.5 Å². The standard InChI is InChI=1S/C6H10N2O4/c9-1-2-4(10)3-5(12-2)8-6(11)7-3/h2-5,9-10H,1H2,(H2,7,8,11)/t2-,3-,4+,5+/m1/s1. The Morgan fingerprint density at radius 3 is 2.83 bits per heavy atom. The van der Waals surface area contributed by atoms with E-state index in [9.17, 15) is 9.90 Å². The summed E-state index contributed by atoms with van der Waals surface area (Å²) in [5.74, 6) is 0. The van der Waals surface area contributed by atoms with Crippen molar-refractivity contribution in [3.05, 3.63) is 0 Å². The summed E-state index contributed by atoms with van der Waals surface area (Å²) < 4.78 is 5.12. The molecular weight excluding hydrogens is 164 g/mol. The molecule has 0 aromatic rings. The molecule has 6 heteroatoms. The van der Waals surface area contributed by atoms with E-state index >= 15 is 0 Å². The number of urea groups is 1. The molecule has 2 heterocycles. The maximum atomic E-state index is 10.7. The molecule has 0 aromatic carbocycles. The second kappa shape index (κ2) is 2.58. The van der Waals surface area contributed by atoms with Crippen LogP contribution in [-0.4, -0.2) is 47.3 Å². The van der Waals surface area contributed by atoms with Gasteiger partial charge in [0.05, 0.1) is 6.61 Å². The van der Waals surface area contributed by atoms with E-state index in [0.717, 1.165) is 0 Å². The summed E-state index contributed by atoms with van der Waals surface area (Å²) in [6, 6.07) is -0.782. The summed E-state index contributed by atoms with van der Waals surface area (Å²) in [5.41, 5.74) is 0. The lowest BCUT2D eigenvalue weighted by molar-refractivity contribution is -0.0268. The fraction of sp³-hybridized carbons (Fsp3) is 0.833. The van der Waals surface area contributed by atoms with E-state index in [1.165, 1.54) is 0 Å². The minimum absolute atomic E-state index is 0.244. The number of aliphatic hydroxyl groups excluding tert-OH is 2. The van der Waals surface area contributed by atoms with Crippen LogP contribution in [0.1, 0.15) is 0 Å². The van der Waals surface area contributed by atoms with Crippen LogP contribution in [0.3, 0.4) is 0 Å². The van der Waals surface area contributed by atoms with E-state index in [4.69, 9.17) is 9.84 Å². The molecule has 2 rings (SSSR count). The number of carbonyl (C=O) groups excluding carboxylic acids is 1. The van der Waals surface area contributed by atoms with E-state index in [-0.39, 0.29) is 12.6 Å². The number of hydrogen-bond donors (Lipinski definition) is 4. The highest BCUT2D eigenvalue weighted by Crippen LogP contribution is 2.21. The van der Waals surface area contributed by atoms with Gasteiger partial charge in [-0.25, -0.2) is 4.79 Å². The molecule has 4 atom stereocenters. The Kier molecular flexibility index (Phi) is 1.67. The lowest BCUT2D eigenvalue weighted by atomic mass is 10.1. The van der Waals surface area contributed by atoms with Gasteiger partial charge in [-0.2, -0.15) is 0 Å². The molecule has 0 saturated carbocycles. The van der Waals surface area contributed by atoms with Crippen molar-refractivity contribution in [1.29, 1.82) is 0 Å². The molecule has 2 fully saturated rings. The molecule has 0 radical (unpaired) electrons. The van der Waals surface area contributed by atoms with Gasteiger partial charge >= 0.3 is 6.03 Å². The van der Waals surface area contributed by atoms with Crippen molar-refractivity contribution >= 4 is 6.03 Å². The van der Waals surface area contributed by atoms with E-state index < -0.39 is 24.5 Å². The SMILES string of the molecule is O=C1N[C@@H]2[C@@H](O)[C@@H](CO)O[C@@H]2N1. The van der Waals surface area contributed by atoms with E-state index in [2.05, 4.69) is 10.6 Å². The molecule has 68 valence electrons. The number of amides is 2. The van der Waals surface area contributed by atoms with Gasteiger partial charge in [0, 0.05) is 0 Å². The van der Waals surface area contributed by atoms with Gasteiger partial charge in [-0.05, 0) is 0 Å². The zero-order valence-electron chi connectivity index (χ0n) is 6.23. The fourth-order valence-electron chi connectivity index (χ4n) is 1.52. The predicted molar refractivity (Wildman–Crippen MR) is 37.2 cm³/mol. The van der Waals surface area contributed by atoms with Crippen LogP contribution in [0.25, 0.3) is 0 Å². The molecule has 2 aliphatic rings. The molecule has 0 bridgehead atoms. The predicted octanol–water partition coefficient (Wildman–Crippen LogP) is -2.25. The molecule has 6 nitrogen and oxygen atoms in total. The first-order chi connectivity index (χ1) is 5.72. The summed E-state index contributed by atoms with van der Waals surface area (Å²) in [5, 5.41) is 23.1. The number of aliphatic hydroxyl groups is 2. The van der Waals surface area contributed by atoms with E-state index in [1.807, 2.05) is 0 Å². The third-order valence-electron chi connectivity index (χ3n) is 2.15. The Bertz CT molecular complexity index is 210. The van der Waals surface area contributed by atoms with Gasteiger partial charge in [0.1, 0.15) is 18.2 Å². The van der Waals surface area contributed by atoms with Crippen molar-refractivity contribution in [2.24, 2.45) is 0 Å². The lowest BCUT2D eigenvalue weighted by Gasteiger charge is -2.13. The van der Waals surface area contributed by atoms with E-state index in [0.29, 0.717) is 0 Å². The number of rotatable bonds is 1. The topological polar surface area (TPSA) is 90.8 Å². The maximum Gasteiger partial charge on any atom is 0.317 e. The van der Waals surface area contributed by atoms with Crippen LogP contribution in [0.15, 0.2) is 0 Å². The van der Waals surface area contributed by atoms with Crippen LogP contribution in [0.4, 0.5) is 4.79 Å². The Morgan fingerprint density at radius 2 is 2.25 bits per heavy atom. The molecule has 0 aromatic heterocycles. The van der Waals surface area contributed by atoms with Crippen LogP contribution < -0.4 is 10.6 Å². The Hall–Kier alpha value is -0.850. The monoisotopic (exact) mass is 174 g/mol. The summed E-state index contributed by atoms with van der Waals surface area (Å²) in [4.78, 5) is 10.7. The number of hydrogen-bond acceptors (Lipinski definition) is 4. The molecular formula is C6H10N2O4. The highest BCUT2D eigenvalue weighted by Gasteiger charge is 2.48. The van der Waals surface area contributed by atoms with Gasteiger partial charge in [0.2, 0.25) is 0 Å². The zero-order valence-corrected chi connectivity index (χ0v) is 6.23. The van der Waals surface area contributed by atoms with Crippen LogP contribution in [-0.2, 0) is 4.74 Å². The highest BCUT2D eigenvalue weighted by atomic mass is 16.5. The number of ether oxygens (including phenoxy) is 1. The second-order valence-corrected chi connectivity index (χ2v) is 2.91. The Morgan fingerprint density at radius 1 is 1.50 bits per heavy atom. The van der Waals surface area contributed by atoms with Crippen molar-refractivity contribution in [3.63, 3.8) is 0 Å². The van der Waals surface area contributed by atoms with Crippen molar-refractivity contribution in [2.75, 3.05) is 6.61 Å². The normalized spacial score (nSPS) is 45.3. The van der Waals surface area contributed by atoms with Gasteiger partial charge in [0.25, 0.3) is 0 Å². The molecule has 12 heavy (non-hydrogen) atoms. The molecule has 2 saturated heterocycles. The molecule has 0 spiro atoms. The third-order valence-corrected chi connectivity index (χ3v) is 2.15. The smallest absolute Gasteiger partial charge is 0.317 e. The van der Waals surface area contributed by atoms with Crippen LogP contribution in [0.5, 0.6) is 0 Å². The minimum Gasteiger partial charge on any atom is -0.394 e. The Balaban J connectivity index is 2.08. The van der Waals surface area contributed by atoms with Crippen molar-refractivity contribution < 1.29 is 19.7 Å². The van der Waals surface area contributed by atoms with Gasteiger partial charge < -0.3 is 25.6 Å². The first-order valence-corrected chi connectivity index (χ1v) is 3.74. The lowest BCUT2D eigenvalue weighted by Crippen LogP contribution is -2.41. The fourth-order valence-corrected chi connectivity index (χ4v) is 1.52. The summed E-state index contributed by atoms with van der Waals surface area (Å²) in [6.45, 7) is -0.244. The first-order valence-electron chi connectivity index (χ1n) is 3.74. The van der Waals surface area contributed by atoms with Gasteiger partial charge in [-0.3, -0.25) is 0 Å². The molecule has 0 unspecified atom stereocenters. The minimum atomic E-state index is -0.834. The number of fused-ring (bicyclic) bond motifs is 1. The summed E-state index contributed by atoms with van der Waals surface area (Å²) >= 11 is 0. The van der Waals surface area contributed by atoms with E-state index in [1.54, 1.807) is 0 Å². The molecule has 0 aliphatic carbocycles. The van der Waals surface area contributed by atoms with Crippen LogP contribution in [0.2, 0.25) is 0 Å². The molecule has 2 amide bonds. The van der Waals surface area contributed by atoms with Crippen molar-refractivity contribution in [3.8, 4) is 0 Å². The van der Waals surface area contributed by atoms with Gasteiger partial charge in [-0.15, -0.1) is 0 Å². The average Bonchev–Trinajstić information content (AvgIpc) is 2.51. The zero-order chi connectivity index (χ0) is 8.72. The van der Waals surface area contributed by atoms with Crippen molar-refractivity contribution in [2.45, 2.75) is 24.5 Å². The first kappa shape index (κ1) is 7.78. The third kappa shape index (κ3) is 0.961. The van der Waals surface area contributed by atoms with Crippen molar-refractivity contribution in [1.82, 2.24) is 10.6 Å². The molecule has 2 aliphatic heterocycles. The number of nitrogens with one attached hydrogen (secondary N) is 2. The van der Waals surface area contributed by atoms with Crippen LogP contribution >= 0.6 is 0 Å². The summed E-state index contributed by atoms with van der Waals surface area (Å²) in [6.07, 6.45) is -1.95. The van der Waals surface area contributed by atoms with Gasteiger partial charge in [-0.1, -0.05) is 0 Å². The summed E-state index contributed by atoms with van der Waals surface area (Å²) in [7, 11) is 0. The van der Waals surface area contributed by atoms with Gasteiger partial charge in [0.15, 0.2) is 6.23 Å². The molecule has 4 N–H and O–H groups in total. The maximum absolute atomic E-state index is 10.7. The number of carbonyl (C=O) groups is 1. The highest BCUT2D eigenvalue weighted by molar-refractivity contribution is 5.77. The quantitative estimate of drug-likeness (QED) is 0.361. The largest absolute Gasteiger partial charge is 0.394 e.